The second-order valence-electron chi connectivity index (χ2n) is 4.51. The lowest BCUT2D eigenvalue weighted by atomic mass is 10.0. The van der Waals surface area contributed by atoms with Crippen LogP contribution in [0.4, 0.5) is 13.2 Å². The zero-order chi connectivity index (χ0) is 14.6. The van der Waals surface area contributed by atoms with E-state index in [9.17, 15) is 13.2 Å². The van der Waals surface area contributed by atoms with Gasteiger partial charge in [-0.25, -0.2) is 13.2 Å². The van der Waals surface area contributed by atoms with E-state index in [0.29, 0.717) is 6.07 Å². The topological polar surface area (TPSA) is 29.3 Å². The van der Waals surface area contributed by atoms with Crippen LogP contribution in [-0.2, 0) is 0 Å². The van der Waals surface area contributed by atoms with Crippen LogP contribution < -0.4 is 5.73 Å². The zero-order valence-corrected chi connectivity index (χ0v) is 12.1. The number of halogens is 3. The van der Waals surface area contributed by atoms with Crippen molar-refractivity contribution in [1.29, 1.82) is 0 Å². The van der Waals surface area contributed by atoms with Crippen LogP contribution >= 0.6 is 11.8 Å². The van der Waals surface area contributed by atoms with Crippen LogP contribution in [0.2, 0.25) is 0 Å². The second-order valence-corrected chi connectivity index (χ2v) is 5.42. The van der Waals surface area contributed by atoms with Crippen molar-refractivity contribution < 1.29 is 13.2 Å². The molecule has 0 bridgehead atoms. The third-order valence-electron chi connectivity index (χ3n) is 3.22. The lowest BCUT2D eigenvalue weighted by Gasteiger charge is -2.32. The van der Waals surface area contributed by atoms with E-state index in [4.69, 9.17) is 5.73 Å². The van der Waals surface area contributed by atoms with E-state index in [-0.39, 0.29) is 18.2 Å². The van der Waals surface area contributed by atoms with Gasteiger partial charge in [0.2, 0.25) is 0 Å². The summed E-state index contributed by atoms with van der Waals surface area (Å²) in [7, 11) is 1.80. The van der Waals surface area contributed by atoms with Gasteiger partial charge in [0.25, 0.3) is 0 Å². The molecule has 0 fully saturated rings. The molecule has 2 nitrogen and oxygen atoms in total. The number of likely N-dealkylation sites (N-methyl/N-ethyl adjacent to an activating group) is 1. The average molecular weight is 292 g/mol. The summed E-state index contributed by atoms with van der Waals surface area (Å²) in [5.41, 5.74) is 5.76. The number of nitrogens with zero attached hydrogens (tertiary/aromatic N) is 1. The van der Waals surface area contributed by atoms with E-state index in [2.05, 4.69) is 0 Å². The SMILES string of the molecule is CSCC(C)N(C)C(CN)c1cc(F)c(F)cc1F. The van der Waals surface area contributed by atoms with E-state index >= 15 is 0 Å². The van der Waals surface area contributed by atoms with E-state index in [1.807, 2.05) is 18.1 Å². The van der Waals surface area contributed by atoms with Crippen LogP contribution in [0.1, 0.15) is 18.5 Å². The largest absolute Gasteiger partial charge is 0.329 e. The Morgan fingerprint density at radius 3 is 2.32 bits per heavy atom. The van der Waals surface area contributed by atoms with Crippen LogP contribution in [0.25, 0.3) is 0 Å². The second kappa shape index (κ2) is 7.17. The van der Waals surface area contributed by atoms with Crippen LogP contribution in [-0.4, -0.2) is 36.5 Å². The van der Waals surface area contributed by atoms with Gasteiger partial charge < -0.3 is 5.73 Å². The molecule has 0 heterocycles. The highest BCUT2D eigenvalue weighted by molar-refractivity contribution is 7.98. The predicted octanol–water partition coefficient (Wildman–Crippen LogP) is 2.79. The number of rotatable bonds is 6. The number of thioether (sulfide) groups is 1. The molecular formula is C13H19F3N2S. The minimum absolute atomic E-state index is 0.0943. The van der Waals surface area contributed by atoms with Crippen molar-refractivity contribution in [3.05, 3.63) is 35.1 Å². The number of hydrogen-bond donors (Lipinski definition) is 1. The first-order valence-corrected chi connectivity index (χ1v) is 7.37. The molecule has 1 rings (SSSR count). The summed E-state index contributed by atoms with van der Waals surface area (Å²) in [5, 5.41) is 0. The summed E-state index contributed by atoms with van der Waals surface area (Å²) in [6.45, 7) is 2.12. The molecule has 0 saturated heterocycles. The van der Waals surface area contributed by atoms with Gasteiger partial charge in [-0.2, -0.15) is 11.8 Å². The summed E-state index contributed by atoms with van der Waals surface area (Å²) in [6, 6.07) is 1.14. The molecule has 19 heavy (non-hydrogen) atoms. The Balaban J connectivity index is 3.06. The van der Waals surface area contributed by atoms with Crippen LogP contribution in [0.5, 0.6) is 0 Å². The minimum atomic E-state index is -1.18. The lowest BCUT2D eigenvalue weighted by molar-refractivity contribution is 0.199. The van der Waals surface area contributed by atoms with Gasteiger partial charge in [0, 0.05) is 30.0 Å². The average Bonchev–Trinajstić information content (AvgIpc) is 2.36. The lowest BCUT2D eigenvalue weighted by Crippen LogP contribution is -2.38. The van der Waals surface area contributed by atoms with Gasteiger partial charge >= 0.3 is 0 Å². The van der Waals surface area contributed by atoms with Crippen LogP contribution in [0.15, 0.2) is 12.1 Å². The molecule has 0 aliphatic carbocycles. The molecule has 0 spiro atoms. The normalized spacial score (nSPS) is 14.7. The fourth-order valence-electron chi connectivity index (χ4n) is 1.97. The Labute approximate surface area is 116 Å². The summed E-state index contributed by atoms with van der Waals surface area (Å²) in [4.78, 5) is 1.88. The van der Waals surface area contributed by atoms with Crippen molar-refractivity contribution in [1.82, 2.24) is 4.90 Å². The molecule has 108 valence electrons. The van der Waals surface area contributed by atoms with Crippen LogP contribution in [0.3, 0.4) is 0 Å². The van der Waals surface area contributed by atoms with E-state index in [1.54, 1.807) is 18.8 Å². The summed E-state index contributed by atoms with van der Waals surface area (Å²) >= 11 is 1.66. The van der Waals surface area contributed by atoms with Gasteiger partial charge in [0.05, 0.1) is 6.04 Å². The molecular weight excluding hydrogens is 273 g/mol. The maximum atomic E-state index is 13.8. The highest BCUT2D eigenvalue weighted by Gasteiger charge is 2.24. The quantitative estimate of drug-likeness (QED) is 0.818. The fraction of sp³-hybridized carbons (Fsp3) is 0.538. The van der Waals surface area contributed by atoms with Crippen LogP contribution in [0, 0.1) is 17.5 Å². The first-order chi connectivity index (χ1) is 8.92. The summed E-state index contributed by atoms with van der Waals surface area (Å²) in [5.74, 6) is -2.16. The summed E-state index contributed by atoms with van der Waals surface area (Å²) < 4.78 is 40.0. The van der Waals surface area contributed by atoms with Crippen molar-refractivity contribution in [3.8, 4) is 0 Å². The third kappa shape index (κ3) is 3.87. The van der Waals surface area contributed by atoms with E-state index in [1.165, 1.54) is 0 Å². The highest BCUT2D eigenvalue weighted by atomic mass is 32.2. The van der Waals surface area contributed by atoms with Crippen molar-refractivity contribution >= 4 is 11.8 Å². The summed E-state index contributed by atoms with van der Waals surface area (Å²) in [6.07, 6.45) is 1.97. The smallest absolute Gasteiger partial charge is 0.161 e. The van der Waals surface area contributed by atoms with Gasteiger partial charge in [-0.05, 0) is 26.3 Å². The third-order valence-corrected chi connectivity index (χ3v) is 4.03. The Bertz CT molecular complexity index is 429. The zero-order valence-electron chi connectivity index (χ0n) is 11.3. The maximum Gasteiger partial charge on any atom is 0.161 e. The molecule has 1 aromatic carbocycles. The molecule has 0 aliphatic heterocycles. The molecule has 2 unspecified atom stereocenters. The number of benzene rings is 1. The molecule has 0 saturated carbocycles. The molecule has 0 radical (unpaired) electrons. The van der Waals surface area contributed by atoms with Gasteiger partial charge in [0.15, 0.2) is 11.6 Å². The Morgan fingerprint density at radius 2 is 1.79 bits per heavy atom. The molecule has 0 amide bonds. The van der Waals surface area contributed by atoms with Crippen molar-refractivity contribution in [3.63, 3.8) is 0 Å². The highest BCUT2D eigenvalue weighted by Crippen LogP contribution is 2.26. The first kappa shape index (κ1) is 16.3. The van der Waals surface area contributed by atoms with Gasteiger partial charge in [-0.3, -0.25) is 4.90 Å². The van der Waals surface area contributed by atoms with E-state index < -0.39 is 23.5 Å². The fourth-order valence-corrected chi connectivity index (χ4v) is 2.69. The monoisotopic (exact) mass is 292 g/mol. The number of hydrogen-bond acceptors (Lipinski definition) is 3. The van der Waals surface area contributed by atoms with Crippen molar-refractivity contribution in [2.24, 2.45) is 5.73 Å². The predicted molar refractivity (Wildman–Crippen MR) is 73.7 cm³/mol. The minimum Gasteiger partial charge on any atom is -0.329 e. The Kier molecular flexibility index (Phi) is 6.16. The maximum absolute atomic E-state index is 13.8. The molecule has 2 N–H and O–H groups in total. The molecule has 0 aromatic heterocycles. The van der Waals surface area contributed by atoms with E-state index in [0.717, 1.165) is 11.8 Å². The van der Waals surface area contributed by atoms with Crippen molar-refractivity contribution in [2.75, 3.05) is 25.6 Å². The standard InChI is InChI=1S/C13H19F3N2S/c1-8(7-19-3)18(2)13(6-17)9-4-11(15)12(16)5-10(9)14/h4-5,8,13H,6-7,17H2,1-3H3. The molecule has 2 atom stereocenters. The Morgan fingerprint density at radius 1 is 1.21 bits per heavy atom. The molecule has 0 aliphatic rings. The van der Waals surface area contributed by atoms with Gasteiger partial charge in [-0.1, -0.05) is 0 Å². The Hall–Kier alpha value is -0.720. The first-order valence-electron chi connectivity index (χ1n) is 5.97. The number of nitrogens with two attached hydrogens (primary N) is 1. The molecule has 6 heteroatoms. The molecule has 1 aromatic rings. The van der Waals surface area contributed by atoms with Crippen molar-refractivity contribution in [2.45, 2.75) is 19.0 Å². The van der Waals surface area contributed by atoms with Gasteiger partial charge in [0.1, 0.15) is 5.82 Å². The van der Waals surface area contributed by atoms with Gasteiger partial charge in [-0.15, -0.1) is 0 Å².